The molecular weight excluding hydrogens is 388 g/mol. The number of aromatic nitrogens is 5. The third-order valence-electron chi connectivity index (χ3n) is 4.36. The lowest BCUT2D eigenvalue weighted by molar-refractivity contribution is -0.124. The fourth-order valence-corrected chi connectivity index (χ4v) is 3.13. The Hall–Kier alpha value is -3.27. The number of nitrogens with zero attached hydrogens (tertiary/aromatic N) is 6. The lowest BCUT2D eigenvalue weighted by Crippen LogP contribution is -2.51. The number of hydrogen-bond donors (Lipinski definition) is 2. The summed E-state index contributed by atoms with van der Waals surface area (Å²) in [5.74, 6) is 0.109. The SMILES string of the molecule is Cc1cccc(Cn2ccc(N(NC(=O)C(C)n3nc(C)cc3C)C(N)=S)n2)n1. The second-order valence-electron chi connectivity index (χ2n) is 6.84. The van der Waals surface area contributed by atoms with E-state index in [0.29, 0.717) is 12.4 Å². The van der Waals surface area contributed by atoms with E-state index >= 15 is 0 Å². The highest BCUT2D eigenvalue weighted by Crippen LogP contribution is 2.14. The zero-order valence-corrected chi connectivity index (χ0v) is 17.6. The first-order valence-corrected chi connectivity index (χ1v) is 9.54. The fraction of sp³-hybridized carbons (Fsp3) is 0.316. The van der Waals surface area contributed by atoms with Crippen molar-refractivity contribution >= 4 is 29.1 Å². The molecule has 3 aromatic rings. The van der Waals surface area contributed by atoms with Gasteiger partial charge in [-0.05, 0) is 58.1 Å². The molecule has 1 unspecified atom stereocenters. The molecule has 0 spiro atoms. The number of hydrazine groups is 1. The van der Waals surface area contributed by atoms with Crippen LogP contribution in [0.15, 0.2) is 36.5 Å². The molecule has 3 rings (SSSR count). The summed E-state index contributed by atoms with van der Waals surface area (Å²) < 4.78 is 3.36. The van der Waals surface area contributed by atoms with Gasteiger partial charge in [-0.15, -0.1) is 0 Å². The summed E-state index contributed by atoms with van der Waals surface area (Å²) in [6, 6.07) is 8.91. The number of nitrogens with one attached hydrogen (secondary N) is 1. The van der Waals surface area contributed by atoms with Gasteiger partial charge in [0, 0.05) is 23.7 Å². The van der Waals surface area contributed by atoms with Gasteiger partial charge in [0.1, 0.15) is 6.04 Å². The van der Waals surface area contributed by atoms with Crippen LogP contribution < -0.4 is 16.2 Å². The number of anilines is 1. The van der Waals surface area contributed by atoms with Crippen LogP contribution in [0.25, 0.3) is 0 Å². The van der Waals surface area contributed by atoms with E-state index in [1.165, 1.54) is 5.01 Å². The summed E-state index contributed by atoms with van der Waals surface area (Å²) in [4.78, 5) is 17.2. The molecule has 10 heteroatoms. The predicted octanol–water partition coefficient (Wildman–Crippen LogP) is 1.79. The van der Waals surface area contributed by atoms with Crippen molar-refractivity contribution < 1.29 is 4.79 Å². The Morgan fingerprint density at radius 2 is 2.00 bits per heavy atom. The quantitative estimate of drug-likeness (QED) is 0.486. The molecule has 0 saturated carbocycles. The molecule has 29 heavy (non-hydrogen) atoms. The van der Waals surface area contributed by atoms with Crippen LogP contribution in [0.2, 0.25) is 0 Å². The fourth-order valence-electron chi connectivity index (χ4n) is 2.99. The van der Waals surface area contributed by atoms with E-state index in [9.17, 15) is 4.79 Å². The smallest absolute Gasteiger partial charge is 0.263 e. The van der Waals surface area contributed by atoms with Crippen LogP contribution in [0, 0.1) is 20.8 Å². The molecule has 0 fully saturated rings. The Morgan fingerprint density at radius 3 is 2.62 bits per heavy atom. The highest BCUT2D eigenvalue weighted by atomic mass is 32.1. The largest absolute Gasteiger partial charge is 0.374 e. The molecular formula is C19H24N8OS. The maximum Gasteiger partial charge on any atom is 0.263 e. The lowest BCUT2D eigenvalue weighted by atomic mass is 10.3. The highest BCUT2D eigenvalue weighted by molar-refractivity contribution is 7.80. The topological polar surface area (TPSA) is 107 Å². The van der Waals surface area contributed by atoms with Gasteiger partial charge in [-0.3, -0.25) is 24.6 Å². The van der Waals surface area contributed by atoms with Crippen molar-refractivity contribution in [1.29, 1.82) is 0 Å². The van der Waals surface area contributed by atoms with Crippen molar-refractivity contribution in [1.82, 2.24) is 30.0 Å². The summed E-state index contributed by atoms with van der Waals surface area (Å²) in [5.41, 5.74) is 12.1. The first-order valence-electron chi connectivity index (χ1n) is 9.13. The summed E-state index contributed by atoms with van der Waals surface area (Å²) >= 11 is 5.11. The third-order valence-corrected chi connectivity index (χ3v) is 4.54. The zero-order valence-electron chi connectivity index (χ0n) is 16.8. The number of carbonyl (C=O) groups is 1. The second kappa shape index (κ2) is 8.39. The molecule has 1 amide bonds. The number of amides is 1. The Bertz CT molecular complexity index is 1040. The van der Waals surface area contributed by atoms with Gasteiger partial charge < -0.3 is 5.73 Å². The Kier molecular flexibility index (Phi) is 5.92. The Morgan fingerprint density at radius 1 is 1.24 bits per heavy atom. The predicted molar refractivity (Wildman–Crippen MR) is 114 cm³/mol. The van der Waals surface area contributed by atoms with Gasteiger partial charge in [0.05, 0.1) is 17.9 Å². The molecule has 0 aliphatic carbocycles. The van der Waals surface area contributed by atoms with Crippen molar-refractivity contribution in [2.24, 2.45) is 5.73 Å². The van der Waals surface area contributed by atoms with Crippen molar-refractivity contribution in [2.45, 2.75) is 40.3 Å². The van der Waals surface area contributed by atoms with Crippen molar-refractivity contribution in [3.63, 3.8) is 0 Å². The summed E-state index contributed by atoms with van der Waals surface area (Å²) in [5, 5.41) is 10.1. The van der Waals surface area contributed by atoms with Crippen molar-refractivity contribution in [2.75, 3.05) is 5.01 Å². The van der Waals surface area contributed by atoms with E-state index in [1.807, 2.05) is 45.0 Å². The lowest BCUT2D eigenvalue weighted by Gasteiger charge is -2.23. The van der Waals surface area contributed by atoms with Crippen LogP contribution in [0.5, 0.6) is 0 Å². The van der Waals surface area contributed by atoms with Gasteiger partial charge in [-0.1, -0.05) is 6.07 Å². The number of hydrogen-bond acceptors (Lipinski definition) is 5. The number of carbonyl (C=O) groups excluding carboxylic acids is 1. The van der Waals surface area contributed by atoms with Gasteiger partial charge in [-0.2, -0.15) is 10.2 Å². The number of aryl methyl sites for hydroxylation is 3. The standard InChI is InChI=1S/C19H24N8OS/c1-12-6-5-7-16(21-12)11-25-9-8-17(23-25)27(19(20)29)24-18(28)15(4)26-14(3)10-13(2)22-26/h5-10,15H,11H2,1-4H3,(H2,20,29)(H,24,28). The van der Waals surface area contributed by atoms with Crippen LogP contribution >= 0.6 is 12.2 Å². The monoisotopic (exact) mass is 412 g/mol. The van der Waals surface area contributed by atoms with Crippen LogP contribution in [-0.4, -0.2) is 35.6 Å². The number of nitrogens with two attached hydrogens (primary N) is 1. The van der Waals surface area contributed by atoms with E-state index in [0.717, 1.165) is 22.8 Å². The van der Waals surface area contributed by atoms with Crippen LogP contribution in [0.4, 0.5) is 5.82 Å². The number of thiocarbonyl (C=S) groups is 1. The third kappa shape index (κ3) is 4.77. The van der Waals surface area contributed by atoms with E-state index in [-0.39, 0.29) is 11.0 Å². The van der Waals surface area contributed by atoms with Crippen LogP contribution in [0.1, 0.15) is 35.7 Å². The Labute approximate surface area is 174 Å². The molecule has 3 N–H and O–H groups in total. The molecule has 0 saturated heterocycles. The van der Waals surface area contributed by atoms with E-state index < -0.39 is 6.04 Å². The normalized spacial score (nSPS) is 11.9. The van der Waals surface area contributed by atoms with E-state index in [1.54, 1.807) is 28.6 Å². The molecule has 0 radical (unpaired) electrons. The molecule has 0 bridgehead atoms. The van der Waals surface area contributed by atoms with Crippen molar-refractivity contribution in [3.8, 4) is 0 Å². The molecule has 9 nitrogen and oxygen atoms in total. The van der Waals surface area contributed by atoms with Gasteiger partial charge >= 0.3 is 0 Å². The molecule has 1 atom stereocenters. The van der Waals surface area contributed by atoms with E-state index in [2.05, 4.69) is 20.6 Å². The zero-order chi connectivity index (χ0) is 21.1. The van der Waals surface area contributed by atoms with Gasteiger partial charge in [-0.25, -0.2) is 5.01 Å². The molecule has 0 aliphatic heterocycles. The van der Waals surface area contributed by atoms with Gasteiger partial charge in [0.15, 0.2) is 10.9 Å². The van der Waals surface area contributed by atoms with Gasteiger partial charge in [0.25, 0.3) is 5.91 Å². The van der Waals surface area contributed by atoms with Crippen molar-refractivity contribution in [3.05, 3.63) is 59.3 Å². The molecule has 3 aromatic heterocycles. The first kappa shape index (κ1) is 20.5. The van der Waals surface area contributed by atoms with Gasteiger partial charge in [0.2, 0.25) is 0 Å². The minimum atomic E-state index is -0.542. The molecule has 0 aromatic carbocycles. The van der Waals surface area contributed by atoms with E-state index in [4.69, 9.17) is 18.0 Å². The first-order chi connectivity index (χ1) is 13.7. The second-order valence-corrected chi connectivity index (χ2v) is 7.26. The average Bonchev–Trinajstić information content (AvgIpc) is 3.24. The maximum absolute atomic E-state index is 12.8. The number of pyridine rings is 1. The highest BCUT2D eigenvalue weighted by Gasteiger charge is 2.22. The minimum Gasteiger partial charge on any atom is -0.374 e. The molecule has 0 aliphatic rings. The number of rotatable bonds is 5. The Balaban J connectivity index is 1.74. The molecule has 3 heterocycles. The minimum absolute atomic E-state index is 0.0159. The summed E-state index contributed by atoms with van der Waals surface area (Å²) in [7, 11) is 0. The average molecular weight is 413 g/mol. The molecule has 152 valence electrons. The summed E-state index contributed by atoms with van der Waals surface area (Å²) in [6.45, 7) is 7.96. The van der Waals surface area contributed by atoms with Crippen LogP contribution in [0.3, 0.4) is 0 Å². The van der Waals surface area contributed by atoms with Crippen LogP contribution in [-0.2, 0) is 11.3 Å². The summed E-state index contributed by atoms with van der Waals surface area (Å²) in [6.07, 6.45) is 1.78. The maximum atomic E-state index is 12.8.